The first-order valence-electron chi connectivity index (χ1n) is 6.93. The number of nitrogens with zero attached hydrogens (tertiary/aromatic N) is 3. The maximum Gasteiger partial charge on any atom is 0.313 e. The molecule has 0 atom stereocenters. The second-order valence-electron chi connectivity index (χ2n) is 5.15. The Labute approximate surface area is 118 Å². The summed E-state index contributed by atoms with van der Waals surface area (Å²) in [4.78, 5) is 25.6. The molecule has 7 heteroatoms. The van der Waals surface area contributed by atoms with E-state index in [9.17, 15) is 9.59 Å². The van der Waals surface area contributed by atoms with Crippen LogP contribution in [-0.2, 0) is 9.59 Å². The van der Waals surface area contributed by atoms with Crippen LogP contribution in [0.4, 0.5) is 5.69 Å². The Balaban J connectivity index is 1.94. The van der Waals surface area contributed by atoms with Gasteiger partial charge in [-0.05, 0) is 26.8 Å². The lowest BCUT2D eigenvalue weighted by Crippen LogP contribution is -2.41. The quantitative estimate of drug-likeness (QED) is 0.759. The predicted octanol–water partition coefficient (Wildman–Crippen LogP) is 0.224. The first-order valence-corrected chi connectivity index (χ1v) is 6.93. The Morgan fingerprint density at radius 1 is 1.35 bits per heavy atom. The molecule has 110 valence electrons. The lowest BCUT2D eigenvalue weighted by atomic mass is 10.3. The highest BCUT2D eigenvalue weighted by atomic mass is 16.2. The van der Waals surface area contributed by atoms with Gasteiger partial charge in [-0.25, -0.2) is 0 Å². The fourth-order valence-corrected chi connectivity index (χ4v) is 2.06. The highest BCUT2D eigenvalue weighted by molar-refractivity contribution is 6.39. The summed E-state index contributed by atoms with van der Waals surface area (Å²) in [6, 6.07) is 0.216. The Kier molecular flexibility index (Phi) is 4.73. The molecule has 0 radical (unpaired) electrons. The fourth-order valence-electron chi connectivity index (χ4n) is 2.06. The van der Waals surface area contributed by atoms with Crippen LogP contribution in [0.5, 0.6) is 0 Å². The second-order valence-corrected chi connectivity index (χ2v) is 5.15. The van der Waals surface area contributed by atoms with Crippen molar-refractivity contribution < 1.29 is 9.59 Å². The number of carbonyl (C=O) groups is 2. The van der Waals surface area contributed by atoms with Crippen molar-refractivity contribution in [3.8, 4) is 0 Å². The van der Waals surface area contributed by atoms with Gasteiger partial charge >= 0.3 is 11.8 Å². The van der Waals surface area contributed by atoms with Crippen molar-refractivity contribution in [2.24, 2.45) is 0 Å². The molecule has 2 amide bonds. The molecule has 2 N–H and O–H groups in total. The molecule has 1 aliphatic rings. The van der Waals surface area contributed by atoms with Crippen LogP contribution in [0.15, 0.2) is 12.4 Å². The van der Waals surface area contributed by atoms with E-state index in [0.29, 0.717) is 18.8 Å². The molecular weight excluding hydrogens is 258 g/mol. The molecule has 1 aromatic heterocycles. The number of aromatic nitrogens is 2. The third kappa shape index (κ3) is 3.57. The molecule has 0 unspecified atom stereocenters. The van der Waals surface area contributed by atoms with Gasteiger partial charge in [0.2, 0.25) is 0 Å². The highest BCUT2D eigenvalue weighted by Gasteiger charge is 2.22. The van der Waals surface area contributed by atoms with Crippen LogP contribution in [0.25, 0.3) is 0 Å². The second kappa shape index (κ2) is 6.51. The standard InChI is InChI=1S/C13H21N5O2/c1-10(2)18-9-11(8-15-18)16-12(19)13(20)17-6-3-4-14-5-7-17/h8-10,14H,3-7H2,1-2H3,(H,16,19). The van der Waals surface area contributed by atoms with Crippen molar-refractivity contribution >= 4 is 17.5 Å². The molecule has 1 aromatic rings. The minimum absolute atomic E-state index is 0.216. The maximum absolute atomic E-state index is 12.1. The van der Waals surface area contributed by atoms with Crippen LogP contribution in [-0.4, -0.2) is 52.7 Å². The molecule has 20 heavy (non-hydrogen) atoms. The van der Waals surface area contributed by atoms with E-state index in [1.807, 2.05) is 13.8 Å². The van der Waals surface area contributed by atoms with Gasteiger partial charge in [-0.2, -0.15) is 5.10 Å². The Morgan fingerprint density at radius 3 is 2.85 bits per heavy atom. The minimum Gasteiger partial charge on any atom is -0.333 e. The Bertz CT molecular complexity index is 475. The summed E-state index contributed by atoms with van der Waals surface area (Å²) in [6.45, 7) is 6.78. The van der Waals surface area contributed by atoms with Gasteiger partial charge < -0.3 is 15.5 Å². The summed E-state index contributed by atoms with van der Waals surface area (Å²) < 4.78 is 1.73. The Morgan fingerprint density at radius 2 is 2.15 bits per heavy atom. The molecule has 0 aliphatic carbocycles. The van der Waals surface area contributed by atoms with Crippen LogP contribution in [0, 0.1) is 0 Å². The number of hydrogen-bond donors (Lipinski definition) is 2. The predicted molar refractivity (Wildman–Crippen MR) is 75.3 cm³/mol. The van der Waals surface area contributed by atoms with Gasteiger partial charge in [0.05, 0.1) is 11.9 Å². The number of carbonyl (C=O) groups excluding carboxylic acids is 2. The minimum atomic E-state index is -0.602. The summed E-state index contributed by atoms with van der Waals surface area (Å²) in [6.07, 6.45) is 4.14. The van der Waals surface area contributed by atoms with Gasteiger partial charge in [0.25, 0.3) is 0 Å². The lowest BCUT2D eigenvalue weighted by molar-refractivity contribution is -0.143. The van der Waals surface area contributed by atoms with E-state index in [4.69, 9.17) is 0 Å². The number of anilines is 1. The van der Waals surface area contributed by atoms with Crippen molar-refractivity contribution in [3.05, 3.63) is 12.4 Å². The number of amides is 2. The van der Waals surface area contributed by atoms with E-state index in [-0.39, 0.29) is 6.04 Å². The van der Waals surface area contributed by atoms with Gasteiger partial charge in [0.15, 0.2) is 0 Å². The van der Waals surface area contributed by atoms with Crippen LogP contribution in [0.2, 0.25) is 0 Å². The van der Waals surface area contributed by atoms with Gasteiger partial charge in [-0.3, -0.25) is 14.3 Å². The third-order valence-electron chi connectivity index (χ3n) is 3.21. The highest BCUT2D eigenvalue weighted by Crippen LogP contribution is 2.10. The zero-order valence-electron chi connectivity index (χ0n) is 11.9. The zero-order valence-corrected chi connectivity index (χ0v) is 11.9. The average molecular weight is 279 g/mol. The lowest BCUT2D eigenvalue weighted by Gasteiger charge is -2.18. The largest absolute Gasteiger partial charge is 0.333 e. The topological polar surface area (TPSA) is 79.3 Å². The van der Waals surface area contributed by atoms with E-state index in [0.717, 1.165) is 19.5 Å². The van der Waals surface area contributed by atoms with Gasteiger partial charge in [-0.1, -0.05) is 0 Å². The molecular formula is C13H21N5O2. The van der Waals surface area contributed by atoms with E-state index in [1.165, 1.54) is 0 Å². The third-order valence-corrected chi connectivity index (χ3v) is 3.21. The molecule has 2 rings (SSSR count). The average Bonchev–Trinajstić information content (AvgIpc) is 2.72. The van der Waals surface area contributed by atoms with E-state index >= 15 is 0 Å². The summed E-state index contributed by atoms with van der Waals surface area (Å²) in [5.41, 5.74) is 0.546. The first kappa shape index (κ1) is 14.5. The number of hydrogen-bond acceptors (Lipinski definition) is 4. The monoisotopic (exact) mass is 279 g/mol. The van der Waals surface area contributed by atoms with Crippen molar-refractivity contribution in [1.82, 2.24) is 20.0 Å². The molecule has 0 saturated carbocycles. The summed E-state index contributed by atoms with van der Waals surface area (Å²) in [5.74, 6) is -1.08. The maximum atomic E-state index is 12.1. The Hall–Kier alpha value is -1.89. The molecule has 1 fully saturated rings. The number of nitrogens with one attached hydrogen (secondary N) is 2. The molecule has 1 saturated heterocycles. The summed E-state index contributed by atoms with van der Waals surface area (Å²) in [5, 5.41) is 9.92. The van der Waals surface area contributed by atoms with E-state index in [2.05, 4.69) is 15.7 Å². The fraction of sp³-hybridized carbons (Fsp3) is 0.615. The van der Waals surface area contributed by atoms with Gasteiger partial charge in [0.1, 0.15) is 0 Å². The van der Waals surface area contributed by atoms with E-state index < -0.39 is 11.8 Å². The molecule has 0 bridgehead atoms. The van der Waals surface area contributed by atoms with Crippen molar-refractivity contribution in [2.75, 3.05) is 31.5 Å². The first-order chi connectivity index (χ1) is 9.58. The van der Waals surface area contributed by atoms with Crippen molar-refractivity contribution in [1.29, 1.82) is 0 Å². The number of rotatable bonds is 2. The van der Waals surface area contributed by atoms with E-state index in [1.54, 1.807) is 22.0 Å². The smallest absolute Gasteiger partial charge is 0.313 e. The van der Waals surface area contributed by atoms with Crippen LogP contribution < -0.4 is 10.6 Å². The van der Waals surface area contributed by atoms with Crippen LogP contribution in [0.1, 0.15) is 26.3 Å². The molecule has 2 heterocycles. The molecule has 0 spiro atoms. The summed E-state index contributed by atoms with van der Waals surface area (Å²) >= 11 is 0. The SMILES string of the molecule is CC(C)n1cc(NC(=O)C(=O)N2CCCNCC2)cn1. The summed E-state index contributed by atoms with van der Waals surface area (Å²) in [7, 11) is 0. The van der Waals surface area contributed by atoms with Gasteiger partial charge in [-0.15, -0.1) is 0 Å². The zero-order chi connectivity index (χ0) is 14.5. The molecule has 7 nitrogen and oxygen atoms in total. The van der Waals surface area contributed by atoms with Crippen molar-refractivity contribution in [2.45, 2.75) is 26.3 Å². The molecule has 1 aliphatic heterocycles. The normalized spacial score (nSPS) is 16.1. The van der Waals surface area contributed by atoms with Crippen LogP contribution in [0.3, 0.4) is 0 Å². The van der Waals surface area contributed by atoms with Gasteiger partial charge in [0, 0.05) is 31.9 Å². The van der Waals surface area contributed by atoms with Crippen molar-refractivity contribution in [3.63, 3.8) is 0 Å². The molecule has 0 aromatic carbocycles. The van der Waals surface area contributed by atoms with Crippen LogP contribution >= 0.6 is 0 Å².